The molecule has 0 bridgehead atoms. The Kier molecular flexibility index (Phi) is 6.73. The fraction of sp³-hybridized carbons (Fsp3) is 0.333. The summed E-state index contributed by atoms with van der Waals surface area (Å²) < 4.78 is 28.6. The molecule has 12 heteroatoms. The predicted octanol–water partition coefficient (Wildman–Crippen LogP) is 3.75. The van der Waals surface area contributed by atoms with E-state index >= 15 is 0 Å². The first-order valence-corrected chi connectivity index (χ1v) is 13.4. The number of nitrogens with zero attached hydrogens (tertiary/aromatic N) is 2. The molecule has 2 saturated heterocycles. The predicted molar refractivity (Wildman–Crippen MR) is 149 cm³/mol. The summed E-state index contributed by atoms with van der Waals surface area (Å²) in [5, 5.41) is 0. The van der Waals surface area contributed by atoms with Crippen molar-refractivity contribution in [3.63, 3.8) is 0 Å². The van der Waals surface area contributed by atoms with Gasteiger partial charge in [0.2, 0.25) is 17.7 Å². The van der Waals surface area contributed by atoms with Gasteiger partial charge < -0.3 is 39.8 Å². The van der Waals surface area contributed by atoms with E-state index in [0.717, 1.165) is 27.9 Å². The molecule has 0 aliphatic carbocycles. The second-order valence-electron chi connectivity index (χ2n) is 11.2. The first-order chi connectivity index (χ1) is 19.9. The summed E-state index contributed by atoms with van der Waals surface area (Å²) in [6, 6.07) is 15.8. The molecule has 0 spiro atoms. The van der Waals surface area contributed by atoms with Crippen molar-refractivity contribution in [2.45, 2.75) is 63.7 Å². The van der Waals surface area contributed by atoms with Crippen molar-refractivity contribution < 1.29 is 33.0 Å². The molecule has 0 radical (unpaired) electrons. The normalized spacial score (nSPS) is 24.6. The minimum absolute atomic E-state index is 0.224. The van der Waals surface area contributed by atoms with Gasteiger partial charge in [0.1, 0.15) is 17.8 Å². The average Bonchev–Trinajstić information content (AvgIpc) is 3.73. The maximum Gasteiger partial charge on any atom is 0.249 e. The number of nitrogens with one attached hydrogen (secondary N) is 1. The number of carbonyl (C=O) groups is 2. The van der Waals surface area contributed by atoms with Gasteiger partial charge in [-0.1, -0.05) is 48.5 Å². The molecule has 42 heavy (non-hydrogen) atoms. The monoisotopic (exact) mass is 573 g/mol. The molecule has 4 aromatic rings. The summed E-state index contributed by atoms with van der Waals surface area (Å²) in [5.41, 5.74) is 16.1. The van der Waals surface area contributed by atoms with Gasteiger partial charge in [-0.3, -0.25) is 9.59 Å². The number of ether oxygens (including phenoxy) is 4. The molecule has 4 atom stereocenters. The lowest BCUT2D eigenvalue weighted by molar-refractivity contribution is -0.155. The second kappa shape index (κ2) is 10.2. The van der Waals surface area contributed by atoms with Crippen LogP contribution in [0.1, 0.15) is 51.6 Å². The van der Waals surface area contributed by atoms with E-state index in [4.69, 9.17) is 34.8 Å². The highest BCUT2D eigenvalue weighted by Gasteiger charge is 2.48. The van der Waals surface area contributed by atoms with Crippen molar-refractivity contribution in [1.82, 2.24) is 15.0 Å². The number of aromatic amines is 1. The fourth-order valence-corrected chi connectivity index (χ4v) is 5.17. The zero-order chi connectivity index (χ0) is 29.8. The molecular formula is C30H31N5O7. The number of imidazole rings is 1. The Morgan fingerprint density at radius 2 is 1.24 bits per heavy atom. The molecule has 6 rings (SSSR count). The molecule has 218 valence electrons. The smallest absolute Gasteiger partial charge is 0.249 e. The molecule has 2 aliphatic heterocycles. The zero-order valence-corrected chi connectivity index (χ0v) is 23.5. The van der Waals surface area contributed by atoms with E-state index in [0.29, 0.717) is 11.5 Å². The van der Waals surface area contributed by atoms with Crippen molar-refractivity contribution in [2.24, 2.45) is 11.5 Å². The summed E-state index contributed by atoms with van der Waals surface area (Å²) >= 11 is 0. The van der Waals surface area contributed by atoms with Gasteiger partial charge in [-0.25, -0.2) is 9.97 Å². The van der Waals surface area contributed by atoms with E-state index in [1.54, 1.807) is 33.9 Å². The Hall–Kier alpha value is -4.36. The minimum atomic E-state index is -0.991. The van der Waals surface area contributed by atoms with Crippen LogP contribution in [0.25, 0.3) is 33.6 Å². The standard InChI is InChI=1S/C30H31N5O7/c1-29(2)39-21(25(31)36)23(41-29)27-33-13-19(34-27)17-9-5-15(6-10-17)16-7-11-18(12-8-16)20-14-38-28(35-20)24-22(26(32)37)40-30(3,4)42-24/h5-14,21-24H,1-4H3,(H2,31,36)(H2,32,37)(H,33,34)/t21-,22-,23-,24-/m0/s1. The zero-order valence-electron chi connectivity index (χ0n) is 23.5. The van der Waals surface area contributed by atoms with Crippen LogP contribution in [0.4, 0.5) is 0 Å². The summed E-state index contributed by atoms with van der Waals surface area (Å²) in [5.74, 6) is -2.50. The van der Waals surface area contributed by atoms with E-state index in [9.17, 15) is 9.59 Å². The minimum Gasteiger partial charge on any atom is -0.445 e. The Bertz CT molecular complexity index is 1500. The molecule has 12 nitrogen and oxygen atoms in total. The number of nitrogens with two attached hydrogens (primary N) is 2. The van der Waals surface area contributed by atoms with Crippen LogP contribution in [0.15, 0.2) is 65.4 Å². The van der Waals surface area contributed by atoms with Crippen molar-refractivity contribution in [1.29, 1.82) is 0 Å². The molecule has 2 amide bonds. The van der Waals surface area contributed by atoms with Gasteiger partial charge in [0.05, 0.1) is 11.9 Å². The number of hydrogen-bond donors (Lipinski definition) is 3. The Morgan fingerprint density at radius 1 is 0.738 bits per heavy atom. The SMILES string of the molecule is CC1(C)O[C@H](C(N)=O)[C@@H](c2ncc(-c3ccc(-c4ccc(-c5coc([C@H]6OC(C)(C)O[C@@H]6C(N)=O)n5)cc4)cc3)[nH]2)O1. The van der Waals surface area contributed by atoms with E-state index in [1.807, 2.05) is 48.5 Å². The van der Waals surface area contributed by atoms with E-state index in [1.165, 1.54) is 6.26 Å². The molecule has 4 heterocycles. The largest absolute Gasteiger partial charge is 0.445 e. The Labute approximate surface area is 241 Å². The Morgan fingerprint density at radius 3 is 1.81 bits per heavy atom. The van der Waals surface area contributed by atoms with Gasteiger partial charge in [0.25, 0.3) is 0 Å². The Balaban J connectivity index is 1.16. The first kappa shape index (κ1) is 27.8. The van der Waals surface area contributed by atoms with E-state index < -0.39 is 47.8 Å². The van der Waals surface area contributed by atoms with Crippen molar-refractivity contribution in [3.05, 3.63) is 72.7 Å². The van der Waals surface area contributed by atoms with Gasteiger partial charge >= 0.3 is 0 Å². The van der Waals surface area contributed by atoms with Crippen molar-refractivity contribution >= 4 is 11.8 Å². The molecule has 2 aromatic carbocycles. The fourth-order valence-electron chi connectivity index (χ4n) is 5.17. The number of primary amides is 2. The molecule has 2 fully saturated rings. The molecule has 2 aromatic heterocycles. The highest BCUT2D eigenvalue weighted by molar-refractivity contribution is 5.80. The number of amides is 2. The van der Waals surface area contributed by atoms with Crippen LogP contribution >= 0.6 is 0 Å². The number of H-pyrrole nitrogens is 1. The van der Waals surface area contributed by atoms with Crippen LogP contribution in [-0.2, 0) is 28.5 Å². The van der Waals surface area contributed by atoms with Gasteiger partial charge in [-0.15, -0.1) is 0 Å². The number of carbonyl (C=O) groups excluding carboxylic acids is 2. The third kappa shape index (κ3) is 5.32. The average molecular weight is 574 g/mol. The lowest BCUT2D eigenvalue weighted by atomic mass is 10.0. The van der Waals surface area contributed by atoms with Gasteiger partial charge in [-0.05, 0) is 44.4 Å². The highest BCUT2D eigenvalue weighted by Crippen LogP contribution is 2.39. The molecule has 0 saturated carbocycles. The van der Waals surface area contributed by atoms with E-state index in [-0.39, 0.29) is 5.89 Å². The third-order valence-electron chi connectivity index (χ3n) is 7.09. The highest BCUT2D eigenvalue weighted by atomic mass is 16.8. The van der Waals surface area contributed by atoms with Crippen LogP contribution in [0.3, 0.4) is 0 Å². The van der Waals surface area contributed by atoms with Crippen LogP contribution < -0.4 is 11.5 Å². The molecule has 5 N–H and O–H groups in total. The molecule has 0 unspecified atom stereocenters. The van der Waals surface area contributed by atoms with Crippen LogP contribution in [0.5, 0.6) is 0 Å². The van der Waals surface area contributed by atoms with E-state index in [2.05, 4.69) is 15.0 Å². The quantitative estimate of drug-likeness (QED) is 0.297. The van der Waals surface area contributed by atoms with Crippen molar-refractivity contribution in [3.8, 4) is 33.6 Å². The maximum atomic E-state index is 11.9. The van der Waals surface area contributed by atoms with Gasteiger partial charge in [0.15, 0.2) is 36.0 Å². The number of hydrogen-bond acceptors (Lipinski definition) is 9. The van der Waals surface area contributed by atoms with Crippen LogP contribution in [0.2, 0.25) is 0 Å². The molecule has 2 aliphatic rings. The molecular weight excluding hydrogens is 542 g/mol. The van der Waals surface area contributed by atoms with Crippen LogP contribution in [-0.4, -0.2) is 50.5 Å². The number of aromatic nitrogens is 3. The first-order valence-electron chi connectivity index (χ1n) is 13.4. The third-order valence-corrected chi connectivity index (χ3v) is 7.09. The summed E-state index contributed by atoms with van der Waals surface area (Å²) in [7, 11) is 0. The number of benzene rings is 2. The summed E-state index contributed by atoms with van der Waals surface area (Å²) in [4.78, 5) is 35.9. The summed E-state index contributed by atoms with van der Waals surface area (Å²) in [6.45, 7) is 6.85. The lowest BCUT2D eigenvalue weighted by Crippen LogP contribution is -2.33. The van der Waals surface area contributed by atoms with Gasteiger partial charge in [-0.2, -0.15) is 0 Å². The maximum absolute atomic E-state index is 11.9. The second-order valence-corrected chi connectivity index (χ2v) is 11.2. The number of oxazole rings is 1. The number of rotatable bonds is 7. The van der Waals surface area contributed by atoms with Crippen molar-refractivity contribution in [2.75, 3.05) is 0 Å². The lowest BCUT2D eigenvalue weighted by Gasteiger charge is -2.15. The van der Waals surface area contributed by atoms with Gasteiger partial charge in [0, 0.05) is 5.56 Å². The topological polar surface area (TPSA) is 178 Å². The van der Waals surface area contributed by atoms with Crippen LogP contribution in [0, 0.1) is 0 Å². The summed E-state index contributed by atoms with van der Waals surface area (Å²) in [6.07, 6.45) is -0.273.